The summed E-state index contributed by atoms with van der Waals surface area (Å²) < 4.78 is 1.91. The third-order valence-electron chi connectivity index (χ3n) is 3.72. The molecular formula is C18H28IN5. The average molecular weight is 441 g/mol. The third kappa shape index (κ3) is 6.51. The van der Waals surface area contributed by atoms with Gasteiger partial charge in [-0.2, -0.15) is 5.10 Å². The first-order chi connectivity index (χ1) is 11.1. The molecule has 0 saturated carbocycles. The average Bonchev–Trinajstić information content (AvgIpc) is 3.07. The number of benzene rings is 1. The summed E-state index contributed by atoms with van der Waals surface area (Å²) in [5, 5.41) is 10.9. The molecule has 0 bridgehead atoms. The topological polar surface area (TPSA) is 54.2 Å². The van der Waals surface area contributed by atoms with Gasteiger partial charge in [0.25, 0.3) is 0 Å². The zero-order valence-electron chi connectivity index (χ0n) is 14.7. The van der Waals surface area contributed by atoms with Crippen molar-refractivity contribution < 1.29 is 0 Å². The van der Waals surface area contributed by atoms with Gasteiger partial charge in [0.05, 0.1) is 13.1 Å². The zero-order chi connectivity index (χ0) is 16.5. The van der Waals surface area contributed by atoms with Crippen LogP contribution in [0.15, 0.2) is 53.8 Å². The van der Waals surface area contributed by atoms with Gasteiger partial charge in [0.15, 0.2) is 5.96 Å². The van der Waals surface area contributed by atoms with E-state index in [0.29, 0.717) is 0 Å². The first-order valence-corrected chi connectivity index (χ1v) is 8.17. The Bertz CT molecular complexity index is 593. The highest BCUT2D eigenvalue weighted by atomic mass is 127. The number of guanidine groups is 1. The minimum absolute atomic E-state index is 0. The highest BCUT2D eigenvalue weighted by Gasteiger charge is 2.19. The van der Waals surface area contributed by atoms with Crippen molar-refractivity contribution in [2.24, 2.45) is 4.99 Å². The molecular weight excluding hydrogens is 413 g/mol. The van der Waals surface area contributed by atoms with Crippen molar-refractivity contribution >= 4 is 29.9 Å². The van der Waals surface area contributed by atoms with E-state index in [9.17, 15) is 0 Å². The van der Waals surface area contributed by atoms with Crippen LogP contribution >= 0.6 is 24.0 Å². The van der Waals surface area contributed by atoms with E-state index in [4.69, 9.17) is 4.99 Å². The normalized spacial score (nSPS) is 11.7. The summed E-state index contributed by atoms with van der Waals surface area (Å²) in [5.41, 5.74) is 1.31. The van der Waals surface area contributed by atoms with Crippen molar-refractivity contribution in [3.63, 3.8) is 0 Å². The Hall–Kier alpha value is -1.57. The minimum atomic E-state index is 0. The van der Waals surface area contributed by atoms with Crippen LogP contribution < -0.4 is 10.6 Å². The van der Waals surface area contributed by atoms with Gasteiger partial charge in [-0.15, -0.1) is 24.0 Å². The predicted molar refractivity (Wildman–Crippen MR) is 111 cm³/mol. The number of rotatable bonds is 7. The van der Waals surface area contributed by atoms with E-state index in [-0.39, 0.29) is 29.4 Å². The second-order valence-electron chi connectivity index (χ2n) is 6.14. The standard InChI is InChI=1S/C18H27N5.HI/c1-4-19-17(20-12-14-23-13-8-11-22-23)21-15-18(2,3)16-9-6-5-7-10-16;/h5-11,13H,4,12,14-15H2,1-3H3,(H2,19,20,21);1H. The molecule has 0 atom stereocenters. The number of halogens is 1. The molecule has 0 unspecified atom stereocenters. The fourth-order valence-corrected chi connectivity index (χ4v) is 2.32. The molecule has 0 fully saturated rings. The van der Waals surface area contributed by atoms with E-state index in [2.05, 4.69) is 60.8 Å². The van der Waals surface area contributed by atoms with Gasteiger partial charge in [-0.1, -0.05) is 44.2 Å². The van der Waals surface area contributed by atoms with E-state index in [1.54, 1.807) is 6.20 Å². The van der Waals surface area contributed by atoms with Crippen LogP contribution in [0.4, 0.5) is 0 Å². The van der Waals surface area contributed by atoms with Gasteiger partial charge < -0.3 is 10.6 Å². The van der Waals surface area contributed by atoms with Crippen LogP contribution in [0.5, 0.6) is 0 Å². The molecule has 24 heavy (non-hydrogen) atoms. The molecule has 0 radical (unpaired) electrons. The molecule has 0 saturated heterocycles. The van der Waals surface area contributed by atoms with Gasteiger partial charge in [-0.05, 0) is 18.6 Å². The highest BCUT2D eigenvalue weighted by molar-refractivity contribution is 14.0. The molecule has 0 aliphatic rings. The predicted octanol–water partition coefficient (Wildman–Crippen LogP) is 3.03. The molecule has 0 aliphatic carbocycles. The summed E-state index contributed by atoms with van der Waals surface area (Å²) in [4.78, 5) is 4.75. The molecule has 0 amide bonds. The first-order valence-electron chi connectivity index (χ1n) is 8.17. The monoisotopic (exact) mass is 441 g/mol. The number of nitrogens with zero attached hydrogens (tertiary/aromatic N) is 3. The van der Waals surface area contributed by atoms with Gasteiger partial charge in [-0.3, -0.25) is 9.67 Å². The lowest BCUT2D eigenvalue weighted by atomic mass is 9.85. The lowest BCUT2D eigenvalue weighted by Gasteiger charge is -2.24. The molecule has 1 aromatic heterocycles. The maximum atomic E-state index is 4.75. The van der Waals surface area contributed by atoms with Crippen LogP contribution in [0.1, 0.15) is 26.3 Å². The smallest absolute Gasteiger partial charge is 0.191 e. The van der Waals surface area contributed by atoms with Crippen LogP contribution in [0.25, 0.3) is 0 Å². The number of nitrogens with one attached hydrogen (secondary N) is 2. The molecule has 2 aromatic rings. The van der Waals surface area contributed by atoms with Crippen LogP contribution in [0, 0.1) is 0 Å². The van der Waals surface area contributed by atoms with Gasteiger partial charge >= 0.3 is 0 Å². The van der Waals surface area contributed by atoms with E-state index in [0.717, 1.165) is 32.1 Å². The van der Waals surface area contributed by atoms with Crippen LogP contribution in [0.3, 0.4) is 0 Å². The minimum Gasteiger partial charge on any atom is -0.357 e. The molecule has 132 valence electrons. The van der Waals surface area contributed by atoms with Crippen molar-refractivity contribution in [1.82, 2.24) is 20.4 Å². The quantitative estimate of drug-likeness (QED) is 0.395. The van der Waals surface area contributed by atoms with E-state index >= 15 is 0 Å². The van der Waals surface area contributed by atoms with Crippen LogP contribution in [-0.4, -0.2) is 35.4 Å². The Morgan fingerprint density at radius 1 is 1.17 bits per heavy atom. The molecule has 1 heterocycles. The molecule has 5 nitrogen and oxygen atoms in total. The van der Waals surface area contributed by atoms with E-state index < -0.39 is 0 Å². The van der Waals surface area contributed by atoms with Crippen molar-refractivity contribution in [3.05, 3.63) is 54.4 Å². The lowest BCUT2D eigenvalue weighted by Crippen LogP contribution is -2.40. The number of hydrogen-bond donors (Lipinski definition) is 2. The highest BCUT2D eigenvalue weighted by Crippen LogP contribution is 2.22. The van der Waals surface area contributed by atoms with Crippen LogP contribution in [0.2, 0.25) is 0 Å². The Morgan fingerprint density at radius 3 is 2.54 bits per heavy atom. The Labute approximate surface area is 162 Å². The van der Waals surface area contributed by atoms with Gasteiger partial charge in [0.2, 0.25) is 0 Å². The summed E-state index contributed by atoms with van der Waals surface area (Å²) in [6, 6.07) is 12.5. The molecule has 0 spiro atoms. The summed E-state index contributed by atoms with van der Waals surface area (Å²) in [7, 11) is 0. The summed E-state index contributed by atoms with van der Waals surface area (Å²) in [6.07, 6.45) is 3.76. The third-order valence-corrected chi connectivity index (χ3v) is 3.72. The molecule has 2 N–H and O–H groups in total. The van der Waals surface area contributed by atoms with Gasteiger partial charge in [-0.25, -0.2) is 0 Å². The zero-order valence-corrected chi connectivity index (χ0v) is 17.0. The van der Waals surface area contributed by atoms with Crippen molar-refractivity contribution in [2.75, 3.05) is 19.6 Å². The molecule has 0 aliphatic heterocycles. The number of aromatic nitrogens is 2. The van der Waals surface area contributed by atoms with E-state index in [1.165, 1.54) is 5.56 Å². The van der Waals surface area contributed by atoms with Crippen molar-refractivity contribution in [2.45, 2.75) is 32.7 Å². The second-order valence-corrected chi connectivity index (χ2v) is 6.14. The summed E-state index contributed by atoms with van der Waals surface area (Å²) in [5.74, 6) is 0.851. The van der Waals surface area contributed by atoms with Gasteiger partial charge in [0, 0.05) is 30.9 Å². The number of aliphatic imine (C=N–C) groups is 1. The summed E-state index contributed by atoms with van der Waals surface area (Å²) in [6.45, 7) is 9.71. The Morgan fingerprint density at radius 2 is 1.92 bits per heavy atom. The molecule has 1 aromatic carbocycles. The first kappa shape index (κ1) is 20.5. The maximum Gasteiger partial charge on any atom is 0.191 e. The largest absolute Gasteiger partial charge is 0.357 e. The molecule has 6 heteroatoms. The lowest BCUT2D eigenvalue weighted by molar-refractivity contribution is 0.535. The molecule has 2 rings (SSSR count). The van der Waals surface area contributed by atoms with Crippen molar-refractivity contribution in [3.8, 4) is 0 Å². The van der Waals surface area contributed by atoms with Crippen molar-refractivity contribution in [1.29, 1.82) is 0 Å². The SMILES string of the molecule is CCNC(=NCC(C)(C)c1ccccc1)NCCn1cccn1.I. The second kappa shape index (κ2) is 10.3. The van der Waals surface area contributed by atoms with E-state index in [1.807, 2.05) is 23.0 Å². The fourth-order valence-electron chi connectivity index (χ4n) is 2.32. The van der Waals surface area contributed by atoms with Gasteiger partial charge in [0.1, 0.15) is 0 Å². The van der Waals surface area contributed by atoms with Crippen LogP contribution in [-0.2, 0) is 12.0 Å². The Balaban J connectivity index is 0.00000288. The Kier molecular flexibility index (Phi) is 8.81. The number of hydrogen-bond acceptors (Lipinski definition) is 2. The fraction of sp³-hybridized carbons (Fsp3) is 0.444. The maximum absolute atomic E-state index is 4.75. The summed E-state index contributed by atoms with van der Waals surface area (Å²) >= 11 is 0.